The molecule has 2 aromatic rings. The molecule has 2 rings (SSSR count). The number of rotatable bonds is 3. The number of hydrogen-bond acceptors (Lipinski definition) is 4. The zero-order valence-corrected chi connectivity index (χ0v) is 13.2. The maximum absolute atomic E-state index is 14.1. The molecule has 1 heterocycles. The van der Waals surface area contributed by atoms with Crippen LogP contribution in [0.2, 0.25) is 0 Å². The molecule has 0 radical (unpaired) electrons. The molecule has 114 valence electrons. The fraction of sp³-hybridized carbons (Fsp3) is 0.533. The summed E-state index contributed by atoms with van der Waals surface area (Å²) < 4.78 is 15.8. The molecular weight excluding hydrogens is 269 g/mol. The Hall–Kier alpha value is -1.98. The zero-order chi connectivity index (χ0) is 15.8. The Morgan fingerprint density at radius 1 is 1.19 bits per heavy atom. The van der Waals surface area contributed by atoms with Gasteiger partial charge < -0.3 is 5.73 Å². The van der Waals surface area contributed by atoms with Gasteiger partial charge in [-0.15, -0.1) is 5.10 Å². The van der Waals surface area contributed by atoms with Crippen LogP contribution in [0.15, 0.2) is 18.2 Å². The van der Waals surface area contributed by atoms with E-state index in [2.05, 4.69) is 36.3 Å². The highest BCUT2D eigenvalue weighted by molar-refractivity contribution is 5.61. The molecule has 0 amide bonds. The predicted molar refractivity (Wildman–Crippen MR) is 81.0 cm³/mol. The number of anilines is 1. The van der Waals surface area contributed by atoms with Crippen molar-refractivity contribution in [1.82, 2.24) is 20.2 Å². The molecule has 6 heteroatoms. The maximum Gasteiger partial charge on any atom is 0.185 e. The van der Waals surface area contributed by atoms with E-state index in [9.17, 15) is 4.39 Å². The van der Waals surface area contributed by atoms with E-state index in [1.807, 2.05) is 13.8 Å². The van der Waals surface area contributed by atoms with Gasteiger partial charge in [0, 0.05) is 5.69 Å². The number of halogens is 1. The quantitative estimate of drug-likeness (QED) is 0.881. The van der Waals surface area contributed by atoms with E-state index in [0.29, 0.717) is 17.1 Å². The smallest absolute Gasteiger partial charge is 0.185 e. The van der Waals surface area contributed by atoms with E-state index in [1.165, 1.54) is 12.1 Å². The molecule has 0 bridgehead atoms. The lowest BCUT2D eigenvalue weighted by molar-refractivity contribution is 0.197. The third kappa shape index (κ3) is 3.37. The summed E-state index contributed by atoms with van der Waals surface area (Å²) in [7, 11) is 0. The fourth-order valence-electron chi connectivity index (χ4n) is 2.85. The Morgan fingerprint density at radius 3 is 2.48 bits per heavy atom. The molecule has 0 spiro atoms. The van der Waals surface area contributed by atoms with Gasteiger partial charge in [-0.05, 0) is 54.3 Å². The number of hydrogen-bond donors (Lipinski definition) is 1. The minimum atomic E-state index is -0.383. The number of tetrazole rings is 1. The Morgan fingerprint density at radius 2 is 1.86 bits per heavy atom. The fourth-order valence-corrected chi connectivity index (χ4v) is 2.85. The summed E-state index contributed by atoms with van der Waals surface area (Å²) in [5, 5.41) is 11.8. The molecule has 0 aliphatic carbocycles. The summed E-state index contributed by atoms with van der Waals surface area (Å²) in [6, 6.07) is 4.42. The predicted octanol–water partition coefficient (Wildman–Crippen LogP) is 3.23. The average molecular weight is 291 g/mol. The van der Waals surface area contributed by atoms with Crippen LogP contribution in [0.25, 0.3) is 11.4 Å². The van der Waals surface area contributed by atoms with Gasteiger partial charge in [0.15, 0.2) is 5.82 Å². The first kappa shape index (κ1) is 15.4. The molecule has 0 fully saturated rings. The second-order valence-corrected chi connectivity index (χ2v) is 7.20. The van der Waals surface area contributed by atoms with Crippen molar-refractivity contribution in [3.05, 3.63) is 24.0 Å². The Balaban J connectivity index is 2.50. The lowest BCUT2D eigenvalue weighted by atomic mass is 9.82. The molecule has 1 aromatic carbocycles. The van der Waals surface area contributed by atoms with Gasteiger partial charge in [-0.25, -0.2) is 9.07 Å². The maximum atomic E-state index is 14.1. The SMILES string of the molecule is CC(C)(C)CC(C)(C)n1nnnc1-c1cc(N)ccc1F. The van der Waals surface area contributed by atoms with E-state index >= 15 is 0 Å². The van der Waals surface area contributed by atoms with Crippen LogP contribution >= 0.6 is 0 Å². The first-order chi connectivity index (χ1) is 9.60. The largest absolute Gasteiger partial charge is 0.399 e. The van der Waals surface area contributed by atoms with Gasteiger partial charge in [0.1, 0.15) is 5.82 Å². The monoisotopic (exact) mass is 291 g/mol. The number of nitrogen functional groups attached to an aromatic ring is 1. The minimum absolute atomic E-state index is 0.0982. The van der Waals surface area contributed by atoms with Gasteiger partial charge >= 0.3 is 0 Å². The summed E-state index contributed by atoms with van der Waals surface area (Å²) in [5.74, 6) is 0.0147. The molecule has 0 saturated heterocycles. The van der Waals surface area contributed by atoms with E-state index in [-0.39, 0.29) is 16.8 Å². The van der Waals surface area contributed by atoms with Gasteiger partial charge in [-0.2, -0.15) is 0 Å². The Bertz CT molecular complexity index is 640. The molecular formula is C15H22FN5. The Labute approximate surface area is 124 Å². The van der Waals surface area contributed by atoms with Crippen molar-refractivity contribution in [2.75, 3.05) is 5.73 Å². The highest BCUT2D eigenvalue weighted by Gasteiger charge is 2.31. The summed E-state index contributed by atoms with van der Waals surface area (Å²) >= 11 is 0. The van der Waals surface area contributed by atoms with Crippen molar-refractivity contribution in [1.29, 1.82) is 0 Å². The van der Waals surface area contributed by atoms with E-state index in [0.717, 1.165) is 6.42 Å². The van der Waals surface area contributed by atoms with Crippen molar-refractivity contribution >= 4 is 5.69 Å². The molecule has 0 aliphatic rings. The minimum Gasteiger partial charge on any atom is -0.399 e. The molecule has 0 atom stereocenters. The van der Waals surface area contributed by atoms with Crippen molar-refractivity contribution in [3.8, 4) is 11.4 Å². The average Bonchev–Trinajstić information content (AvgIpc) is 2.79. The molecule has 5 nitrogen and oxygen atoms in total. The number of nitrogens with two attached hydrogens (primary N) is 1. The molecule has 0 saturated carbocycles. The van der Waals surface area contributed by atoms with Gasteiger partial charge in [0.2, 0.25) is 0 Å². The molecule has 0 unspecified atom stereocenters. The van der Waals surface area contributed by atoms with Crippen LogP contribution < -0.4 is 5.73 Å². The molecule has 21 heavy (non-hydrogen) atoms. The zero-order valence-electron chi connectivity index (χ0n) is 13.2. The molecule has 0 aliphatic heterocycles. The van der Waals surface area contributed by atoms with Crippen LogP contribution in [0, 0.1) is 11.2 Å². The van der Waals surface area contributed by atoms with E-state index < -0.39 is 0 Å². The highest BCUT2D eigenvalue weighted by Crippen LogP contribution is 2.34. The van der Waals surface area contributed by atoms with Crippen LogP contribution in [-0.2, 0) is 5.54 Å². The third-order valence-electron chi connectivity index (χ3n) is 3.24. The standard InChI is InChI=1S/C15H22FN5/c1-14(2,3)9-15(4,5)21-13(18-19-20-21)11-8-10(17)6-7-12(11)16/h6-8H,9,17H2,1-5H3. The Kier molecular flexibility index (Phi) is 3.74. The van der Waals surface area contributed by atoms with Gasteiger partial charge in [0.25, 0.3) is 0 Å². The summed E-state index contributed by atoms with van der Waals surface area (Å²) in [4.78, 5) is 0. The van der Waals surface area contributed by atoms with Crippen LogP contribution in [0.4, 0.5) is 10.1 Å². The summed E-state index contributed by atoms with van der Waals surface area (Å²) in [6.07, 6.45) is 0.849. The lowest BCUT2D eigenvalue weighted by Gasteiger charge is -2.32. The first-order valence-corrected chi connectivity index (χ1v) is 6.94. The number of aromatic nitrogens is 4. The second-order valence-electron chi connectivity index (χ2n) is 7.20. The number of benzene rings is 1. The van der Waals surface area contributed by atoms with Crippen molar-refractivity contribution in [2.45, 2.75) is 46.6 Å². The van der Waals surface area contributed by atoms with Crippen molar-refractivity contribution in [3.63, 3.8) is 0 Å². The highest BCUT2D eigenvalue weighted by atomic mass is 19.1. The van der Waals surface area contributed by atoms with Gasteiger partial charge in [-0.3, -0.25) is 0 Å². The van der Waals surface area contributed by atoms with Crippen molar-refractivity contribution < 1.29 is 4.39 Å². The third-order valence-corrected chi connectivity index (χ3v) is 3.24. The van der Waals surface area contributed by atoms with Gasteiger partial charge in [0.05, 0.1) is 11.1 Å². The van der Waals surface area contributed by atoms with Crippen LogP contribution in [-0.4, -0.2) is 20.2 Å². The van der Waals surface area contributed by atoms with Crippen LogP contribution in [0.3, 0.4) is 0 Å². The lowest BCUT2D eigenvalue weighted by Crippen LogP contribution is -2.33. The van der Waals surface area contributed by atoms with E-state index in [4.69, 9.17) is 5.73 Å². The van der Waals surface area contributed by atoms with Crippen molar-refractivity contribution in [2.24, 2.45) is 5.41 Å². The van der Waals surface area contributed by atoms with Crippen LogP contribution in [0.1, 0.15) is 41.0 Å². The van der Waals surface area contributed by atoms with E-state index in [1.54, 1.807) is 10.7 Å². The van der Waals surface area contributed by atoms with Gasteiger partial charge in [-0.1, -0.05) is 20.8 Å². The second kappa shape index (κ2) is 5.09. The summed E-state index contributed by atoms with van der Waals surface area (Å²) in [6.45, 7) is 10.5. The summed E-state index contributed by atoms with van der Waals surface area (Å²) in [5.41, 5.74) is 6.31. The first-order valence-electron chi connectivity index (χ1n) is 6.94. The molecule has 2 N–H and O–H groups in total. The number of nitrogens with zero attached hydrogens (tertiary/aromatic N) is 4. The molecule has 1 aromatic heterocycles. The normalized spacial score (nSPS) is 12.7. The topological polar surface area (TPSA) is 69.6 Å². The van der Waals surface area contributed by atoms with Crippen LogP contribution in [0.5, 0.6) is 0 Å².